The number of nitrogens with one attached hydrogen (secondary N) is 2. The van der Waals surface area contributed by atoms with Gasteiger partial charge in [0.05, 0.1) is 12.6 Å². The monoisotopic (exact) mass is 421 g/mol. The molecule has 0 aliphatic carbocycles. The molecule has 1 unspecified atom stereocenters. The average Bonchev–Trinajstić information content (AvgIpc) is 3.23. The van der Waals surface area contributed by atoms with Gasteiger partial charge in [-0.3, -0.25) is 14.3 Å². The average molecular weight is 422 g/mol. The number of aryl methyl sites for hydroxylation is 1. The summed E-state index contributed by atoms with van der Waals surface area (Å²) >= 11 is 0. The van der Waals surface area contributed by atoms with Crippen LogP contribution in [-0.4, -0.2) is 58.2 Å². The number of benzene rings is 1. The smallest absolute Gasteiger partial charge is 0.191 e. The van der Waals surface area contributed by atoms with Crippen molar-refractivity contribution in [3.05, 3.63) is 66.1 Å². The van der Waals surface area contributed by atoms with Gasteiger partial charge in [-0.05, 0) is 44.1 Å². The first-order valence-corrected chi connectivity index (χ1v) is 11.4. The molecule has 0 fully saturated rings. The topological polar surface area (TPSA) is 69.8 Å². The Hall–Kier alpha value is -2.93. The lowest BCUT2D eigenvalue weighted by Crippen LogP contribution is -2.39. The van der Waals surface area contributed by atoms with Gasteiger partial charge < -0.3 is 10.6 Å². The molecule has 0 spiro atoms. The molecular formula is C24H35N7. The van der Waals surface area contributed by atoms with E-state index < -0.39 is 0 Å². The normalized spacial score (nSPS) is 13.0. The van der Waals surface area contributed by atoms with Crippen molar-refractivity contribution in [1.29, 1.82) is 0 Å². The van der Waals surface area contributed by atoms with Crippen LogP contribution in [0, 0.1) is 0 Å². The molecule has 1 aromatic carbocycles. The summed E-state index contributed by atoms with van der Waals surface area (Å²) in [5, 5.41) is 15.4. The SMILES string of the molecule is CCNC(=NCC(c1ccccc1)N(CC)CC)NCCCc1nnc2ccccn12. The minimum absolute atomic E-state index is 0.272. The van der Waals surface area contributed by atoms with E-state index in [2.05, 4.69) is 76.8 Å². The number of guanidine groups is 1. The zero-order valence-corrected chi connectivity index (χ0v) is 19.0. The lowest BCUT2D eigenvalue weighted by Gasteiger charge is -2.29. The predicted octanol–water partition coefficient (Wildman–Crippen LogP) is 3.30. The largest absolute Gasteiger partial charge is 0.357 e. The fourth-order valence-electron chi connectivity index (χ4n) is 3.81. The van der Waals surface area contributed by atoms with E-state index in [-0.39, 0.29) is 6.04 Å². The number of fused-ring (bicyclic) bond motifs is 1. The molecule has 0 saturated heterocycles. The second kappa shape index (κ2) is 12.1. The van der Waals surface area contributed by atoms with Crippen LogP contribution in [0.2, 0.25) is 0 Å². The van der Waals surface area contributed by atoms with Gasteiger partial charge in [-0.25, -0.2) is 0 Å². The summed E-state index contributed by atoms with van der Waals surface area (Å²) in [7, 11) is 0. The first-order chi connectivity index (χ1) is 15.3. The minimum atomic E-state index is 0.272. The van der Waals surface area contributed by atoms with E-state index in [0.29, 0.717) is 0 Å². The Labute approximate surface area is 185 Å². The Morgan fingerprint density at radius 3 is 2.52 bits per heavy atom. The highest BCUT2D eigenvalue weighted by atomic mass is 15.2. The molecule has 0 aliphatic rings. The van der Waals surface area contributed by atoms with Gasteiger partial charge in [0.25, 0.3) is 0 Å². The number of likely N-dealkylation sites (N-methyl/N-ethyl adjacent to an activating group) is 1. The Balaban J connectivity index is 1.59. The molecule has 3 aromatic rings. The fraction of sp³-hybridized carbons (Fsp3) is 0.458. The Kier molecular flexibility index (Phi) is 8.84. The van der Waals surface area contributed by atoms with Crippen molar-refractivity contribution in [2.24, 2.45) is 4.99 Å². The van der Waals surface area contributed by atoms with Crippen LogP contribution in [0.25, 0.3) is 5.65 Å². The molecule has 0 amide bonds. The molecule has 0 saturated carbocycles. The van der Waals surface area contributed by atoms with Crippen molar-refractivity contribution in [1.82, 2.24) is 30.1 Å². The number of nitrogens with zero attached hydrogens (tertiary/aromatic N) is 5. The number of aliphatic imine (C=N–C) groups is 1. The van der Waals surface area contributed by atoms with Gasteiger partial charge in [0.1, 0.15) is 5.82 Å². The van der Waals surface area contributed by atoms with Gasteiger partial charge in [-0.1, -0.05) is 50.2 Å². The number of rotatable bonds is 11. The molecule has 166 valence electrons. The van der Waals surface area contributed by atoms with Crippen LogP contribution < -0.4 is 10.6 Å². The molecular weight excluding hydrogens is 386 g/mol. The summed E-state index contributed by atoms with van der Waals surface area (Å²) in [6.07, 6.45) is 3.84. The summed E-state index contributed by atoms with van der Waals surface area (Å²) in [6.45, 7) is 10.9. The van der Waals surface area contributed by atoms with Gasteiger partial charge >= 0.3 is 0 Å². The summed E-state index contributed by atoms with van der Waals surface area (Å²) in [5.74, 6) is 1.85. The Morgan fingerprint density at radius 2 is 1.77 bits per heavy atom. The Bertz CT molecular complexity index is 931. The molecule has 2 aromatic heterocycles. The third-order valence-corrected chi connectivity index (χ3v) is 5.46. The zero-order valence-electron chi connectivity index (χ0n) is 19.0. The Morgan fingerprint density at radius 1 is 1.00 bits per heavy atom. The second-order valence-corrected chi connectivity index (χ2v) is 7.44. The summed E-state index contributed by atoms with van der Waals surface area (Å²) in [4.78, 5) is 7.37. The van der Waals surface area contributed by atoms with Crippen molar-refractivity contribution < 1.29 is 0 Å². The van der Waals surface area contributed by atoms with Gasteiger partial charge in [-0.15, -0.1) is 10.2 Å². The van der Waals surface area contributed by atoms with Crippen molar-refractivity contribution in [2.45, 2.75) is 39.7 Å². The molecule has 2 N–H and O–H groups in total. The highest BCUT2D eigenvalue weighted by Gasteiger charge is 2.17. The van der Waals surface area contributed by atoms with E-state index >= 15 is 0 Å². The fourth-order valence-corrected chi connectivity index (χ4v) is 3.81. The van der Waals surface area contributed by atoms with Gasteiger partial charge in [0, 0.05) is 25.7 Å². The lowest BCUT2D eigenvalue weighted by atomic mass is 10.1. The first kappa shape index (κ1) is 22.7. The molecule has 7 heteroatoms. The number of pyridine rings is 1. The highest BCUT2D eigenvalue weighted by molar-refractivity contribution is 5.79. The third-order valence-electron chi connectivity index (χ3n) is 5.46. The molecule has 2 heterocycles. The summed E-state index contributed by atoms with van der Waals surface area (Å²) < 4.78 is 2.05. The predicted molar refractivity (Wildman–Crippen MR) is 127 cm³/mol. The quantitative estimate of drug-likeness (QED) is 0.282. The van der Waals surface area contributed by atoms with Crippen molar-refractivity contribution in [3.63, 3.8) is 0 Å². The van der Waals surface area contributed by atoms with Crippen LogP contribution in [0.15, 0.2) is 59.7 Å². The maximum Gasteiger partial charge on any atom is 0.191 e. The maximum atomic E-state index is 4.91. The van der Waals surface area contributed by atoms with Crippen LogP contribution in [0.1, 0.15) is 44.6 Å². The van der Waals surface area contributed by atoms with Gasteiger partial charge in [0.2, 0.25) is 0 Å². The van der Waals surface area contributed by atoms with Crippen LogP contribution in [0.3, 0.4) is 0 Å². The van der Waals surface area contributed by atoms with Gasteiger partial charge in [-0.2, -0.15) is 0 Å². The number of aromatic nitrogens is 3. The molecule has 7 nitrogen and oxygen atoms in total. The van der Waals surface area contributed by atoms with E-state index in [1.165, 1.54) is 5.56 Å². The zero-order chi connectivity index (χ0) is 21.9. The van der Waals surface area contributed by atoms with E-state index in [9.17, 15) is 0 Å². The molecule has 31 heavy (non-hydrogen) atoms. The lowest BCUT2D eigenvalue weighted by molar-refractivity contribution is 0.224. The summed E-state index contributed by atoms with van der Waals surface area (Å²) in [5.41, 5.74) is 2.20. The standard InChI is InChI=1S/C24H35N7/c1-4-25-24(26-17-12-16-23-29-28-22-15-10-11-18-31(22)23)27-19-21(30(5-2)6-3)20-13-8-7-9-14-20/h7-11,13-15,18,21H,4-6,12,16-17,19H2,1-3H3,(H2,25,26,27). The van der Waals surface area contributed by atoms with E-state index in [4.69, 9.17) is 4.99 Å². The van der Waals surface area contributed by atoms with Crippen molar-refractivity contribution in [2.75, 3.05) is 32.7 Å². The number of hydrogen-bond acceptors (Lipinski definition) is 4. The van der Waals surface area contributed by atoms with Crippen molar-refractivity contribution in [3.8, 4) is 0 Å². The van der Waals surface area contributed by atoms with Crippen LogP contribution in [0.4, 0.5) is 0 Å². The van der Waals surface area contributed by atoms with E-state index in [1.807, 2.05) is 28.8 Å². The van der Waals surface area contributed by atoms with Crippen LogP contribution >= 0.6 is 0 Å². The molecule has 3 rings (SSSR count). The maximum absolute atomic E-state index is 4.91. The first-order valence-electron chi connectivity index (χ1n) is 11.4. The third kappa shape index (κ3) is 6.28. The summed E-state index contributed by atoms with van der Waals surface area (Å²) in [6, 6.07) is 16.9. The van der Waals surface area contributed by atoms with E-state index in [0.717, 1.165) is 63.0 Å². The van der Waals surface area contributed by atoms with Crippen LogP contribution in [0.5, 0.6) is 0 Å². The molecule has 0 radical (unpaired) electrons. The van der Waals surface area contributed by atoms with Crippen molar-refractivity contribution >= 4 is 11.6 Å². The number of hydrogen-bond donors (Lipinski definition) is 2. The van der Waals surface area contributed by atoms with E-state index in [1.54, 1.807) is 0 Å². The highest BCUT2D eigenvalue weighted by Crippen LogP contribution is 2.20. The molecule has 0 bridgehead atoms. The van der Waals surface area contributed by atoms with Crippen LogP contribution in [-0.2, 0) is 6.42 Å². The molecule has 0 aliphatic heterocycles. The second-order valence-electron chi connectivity index (χ2n) is 7.44. The van der Waals surface area contributed by atoms with Gasteiger partial charge in [0.15, 0.2) is 11.6 Å². The minimum Gasteiger partial charge on any atom is -0.357 e. The molecule has 1 atom stereocenters.